The average Bonchev–Trinajstić information content (AvgIpc) is 2.02. The SMILES string of the molecule is Nc1c(Br)cc(Br)c(Br)c1C=O. The molecule has 0 spiro atoms. The van der Waals surface area contributed by atoms with Crippen molar-refractivity contribution in [3.63, 3.8) is 0 Å². The summed E-state index contributed by atoms with van der Waals surface area (Å²) < 4.78 is 2.18. The largest absolute Gasteiger partial charge is 0.397 e. The van der Waals surface area contributed by atoms with Crippen molar-refractivity contribution in [2.24, 2.45) is 0 Å². The predicted molar refractivity (Wildman–Crippen MR) is 59.3 cm³/mol. The van der Waals surface area contributed by atoms with Crippen molar-refractivity contribution < 1.29 is 4.79 Å². The molecule has 0 fully saturated rings. The number of nitrogen functional groups attached to an aromatic ring is 1. The summed E-state index contributed by atoms with van der Waals surface area (Å²) in [5.41, 5.74) is 6.53. The molecule has 12 heavy (non-hydrogen) atoms. The molecule has 0 unspecified atom stereocenters. The molecule has 5 heteroatoms. The molecule has 0 saturated heterocycles. The van der Waals surface area contributed by atoms with Gasteiger partial charge in [-0.2, -0.15) is 0 Å². The van der Waals surface area contributed by atoms with Crippen molar-refractivity contribution in [1.29, 1.82) is 0 Å². The third-order valence-electron chi connectivity index (χ3n) is 1.36. The Morgan fingerprint density at radius 1 is 1.25 bits per heavy atom. The zero-order valence-electron chi connectivity index (χ0n) is 5.77. The van der Waals surface area contributed by atoms with Crippen LogP contribution >= 0.6 is 47.8 Å². The van der Waals surface area contributed by atoms with E-state index < -0.39 is 0 Å². The molecule has 0 heterocycles. The summed E-state index contributed by atoms with van der Waals surface area (Å²) in [6.07, 6.45) is 0.717. The molecular weight excluding hydrogens is 354 g/mol. The zero-order chi connectivity index (χ0) is 9.30. The maximum atomic E-state index is 10.6. The van der Waals surface area contributed by atoms with Crippen molar-refractivity contribution in [2.45, 2.75) is 0 Å². The summed E-state index contributed by atoms with van der Waals surface area (Å²) in [5, 5.41) is 0. The Balaban J connectivity index is 3.52. The Morgan fingerprint density at radius 2 is 1.83 bits per heavy atom. The van der Waals surface area contributed by atoms with Crippen molar-refractivity contribution in [3.05, 3.63) is 25.0 Å². The second kappa shape index (κ2) is 3.89. The van der Waals surface area contributed by atoms with Gasteiger partial charge in [0.25, 0.3) is 0 Å². The smallest absolute Gasteiger partial charge is 0.153 e. The van der Waals surface area contributed by atoms with Crippen molar-refractivity contribution >= 4 is 59.8 Å². The number of carbonyl (C=O) groups excluding carboxylic acids is 1. The highest BCUT2D eigenvalue weighted by molar-refractivity contribution is 9.13. The Bertz CT molecular complexity index is 312. The molecule has 0 saturated carbocycles. The van der Waals surface area contributed by atoms with Crippen LogP contribution in [-0.4, -0.2) is 6.29 Å². The summed E-state index contributed by atoms with van der Waals surface area (Å²) in [5.74, 6) is 0. The summed E-state index contributed by atoms with van der Waals surface area (Å²) >= 11 is 9.76. The summed E-state index contributed by atoms with van der Waals surface area (Å²) in [4.78, 5) is 10.6. The molecule has 64 valence electrons. The molecule has 0 aromatic heterocycles. The minimum Gasteiger partial charge on any atom is -0.397 e. The maximum Gasteiger partial charge on any atom is 0.153 e. The van der Waals surface area contributed by atoms with Crippen LogP contribution < -0.4 is 5.73 Å². The van der Waals surface area contributed by atoms with Gasteiger partial charge in [0.05, 0.1) is 11.3 Å². The van der Waals surface area contributed by atoms with Gasteiger partial charge < -0.3 is 5.73 Å². The lowest BCUT2D eigenvalue weighted by molar-refractivity contribution is 0.112. The van der Waals surface area contributed by atoms with Gasteiger partial charge in [0.2, 0.25) is 0 Å². The average molecular weight is 358 g/mol. The fourth-order valence-corrected chi connectivity index (χ4v) is 2.36. The highest BCUT2D eigenvalue weighted by Gasteiger charge is 2.10. The van der Waals surface area contributed by atoms with E-state index in [1.165, 1.54) is 0 Å². The second-order valence-electron chi connectivity index (χ2n) is 2.10. The van der Waals surface area contributed by atoms with Gasteiger partial charge in [-0.25, -0.2) is 0 Å². The first-order chi connectivity index (χ1) is 5.57. The minimum absolute atomic E-state index is 0.445. The highest BCUT2D eigenvalue weighted by Crippen LogP contribution is 2.35. The number of rotatable bonds is 1. The Hall–Kier alpha value is 0.130. The van der Waals surface area contributed by atoms with Gasteiger partial charge in [0.15, 0.2) is 6.29 Å². The first-order valence-electron chi connectivity index (χ1n) is 2.96. The molecule has 0 radical (unpaired) electrons. The number of aldehydes is 1. The van der Waals surface area contributed by atoms with E-state index in [0.29, 0.717) is 20.2 Å². The van der Waals surface area contributed by atoms with E-state index in [4.69, 9.17) is 5.73 Å². The van der Waals surface area contributed by atoms with Gasteiger partial charge in [0, 0.05) is 13.4 Å². The lowest BCUT2D eigenvalue weighted by Crippen LogP contribution is -1.96. The van der Waals surface area contributed by atoms with Crippen LogP contribution in [0.3, 0.4) is 0 Å². The molecule has 0 bridgehead atoms. The van der Waals surface area contributed by atoms with E-state index >= 15 is 0 Å². The molecule has 1 aromatic rings. The summed E-state index contributed by atoms with van der Waals surface area (Å²) in [7, 11) is 0. The number of hydrogen-bond donors (Lipinski definition) is 1. The van der Waals surface area contributed by atoms with Crippen LogP contribution in [0.15, 0.2) is 19.5 Å². The lowest BCUT2D eigenvalue weighted by Gasteiger charge is -2.05. The topological polar surface area (TPSA) is 43.1 Å². The zero-order valence-corrected chi connectivity index (χ0v) is 10.5. The molecule has 2 nitrogen and oxygen atoms in total. The van der Waals surface area contributed by atoms with Crippen LogP contribution in [0.25, 0.3) is 0 Å². The number of carbonyl (C=O) groups is 1. The number of anilines is 1. The fourth-order valence-electron chi connectivity index (χ4n) is 0.743. The normalized spacial score (nSPS) is 9.92. The van der Waals surface area contributed by atoms with Crippen LogP contribution in [0.5, 0.6) is 0 Å². The van der Waals surface area contributed by atoms with Gasteiger partial charge in [-0.3, -0.25) is 4.79 Å². The molecule has 0 aliphatic heterocycles. The van der Waals surface area contributed by atoms with Crippen LogP contribution in [0.4, 0.5) is 5.69 Å². The van der Waals surface area contributed by atoms with E-state index in [-0.39, 0.29) is 0 Å². The number of halogens is 3. The molecule has 2 N–H and O–H groups in total. The second-order valence-corrected chi connectivity index (χ2v) is 4.60. The lowest BCUT2D eigenvalue weighted by atomic mass is 10.2. The monoisotopic (exact) mass is 355 g/mol. The van der Waals surface area contributed by atoms with Crippen molar-refractivity contribution in [3.8, 4) is 0 Å². The first-order valence-corrected chi connectivity index (χ1v) is 5.34. The third kappa shape index (κ3) is 1.72. The first kappa shape index (κ1) is 10.2. The van der Waals surface area contributed by atoms with E-state index in [1.54, 1.807) is 6.07 Å². The van der Waals surface area contributed by atoms with Crippen molar-refractivity contribution in [1.82, 2.24) is 0 Å². The quantitative estimate of drug-likeness (QED) is 0.476. The highest BCUT2D eigenvalue weighted by atomic mass is 79.9. The molecular formula is C7H4Br3NO. The van der Waals surface area contributed by atoms with Crippen LogP contribution in [0.2, 0.25) is 0 Å². The molecule has 1 aromatic carbocycles. The van der Waals surface area contributed by atoms with Gasteiger partial charge in [-0.05, 0) is 53.9 Å². The fraction of sp³-hybridized carbons (Fsp3) is 0. The molecule has 0 amide bonds. The Kier molecular flexibility index (Phi) is 3.31. The van der Waals surface area contributed by atoms with Gasteiger partial charge in [0.1, 0.15) is 0 Å². The standard InChI is InChI=1S/C7H4Br3NO/c8-4-1-5(9)7(11)3(2-12)6(4)10/h1-2H,11H2. The predicted octanol–water partition coefficient (Wildman–Crippen LogP) is 3.37. The summed E-state index contributed by atoms with van der Waals surface area (Å²) in [6.45, 7) is 0. The third-order valence-corrected chi connectivity index (χ3v) is 4.03. The maximum absolute atomic E-state index is 10.6. The van der Waals surface area contributed by atoms with Gasteiger partial charge in [-0.15, -0.1) is 0 Å². The number of benzene rings is 1. The van der Waals surface area contributed by atoms with Crippen LogP contribution in [0.1, 0.15) is 10.4 Å². The molecule has 0 aliphatic rings. The van der Waals surface area contributed by atoms with Crippen LogP contribution in [0, 0.1) is 0 Å². The van der Waals surface area contributed by atoms with Gasteiger partial charge in [-0.1, -0.05) is 0 Å². The Labute approximate surface area is 94.9 Å². The Morgan fingerprint density at radius 3 is 2.33 bits per heavy atom. The van der Waals surface area contributed by atoms with Crippen molar-refractivity contribution in [2.75, 3.05) is 5.73 Å². The van der Waals surface area contributed by atoms with Gasteiger partial charge >= 0.3 is 0 Å². The van der Waals surface area contributed by atoms with E-state index in [1.807, 2.05) is 0 Å². The molecule has 0 atom stereocenters. The minimum atomic E-state index is 0.445. The molecule has 0 aliphatic carbocycles. The van der Waals surface area contributed by atoms with E-state index in [0.717, 1.165) is 10.8 Å². The van der Waals surface area contributed by atoms with E-state index in [9.17, 15) is 4.79 Å². The number of hydrogen-bond acceptors (Lipinski definition) is 2. The molecule has 1 rings (SSSR count). The van der Waals surface area contributed by atoms with E-state index in [2.05, 4.69) is 47.8 Å². The number of nitrogens with two attached hydrogens (primary N) is 1. The van der Waals surface area contributed by atoms with Crippen LogP contribution in [-0.2, 0) is 0 Å². The summed E-state index contributed by atoms with van der Waals surface area (Å²) in [6, 6.07) is 1.78.